The van der Waals surface area contributed by atoms with E-state index in [1.165, 1.54) is 56.9 Å². The van der Waals surface area contributed by atoms with E-state index in [1.54, 1.807) is 0 Å². The molecule has 0 aromatic heterocycles. The van der Waals surface area contributed by atoms with Crippen LogP contribution in [0.2, 0.25) is 0 Å². The van der Waals surface area contributed by atoms with Crippen molar-refractivity contribution >= 4 is 11.6 Å². The maximum atomic E-state index is 12.6. The highest BCUT2D eigenvalue weighted by atomic mass is 16.1. The minimum Gasteiger partial charge on any atom is -0.299 e. The fraction of sp³-hybridized carbons (Fsp3) is 0.692. The number of Topliss-reactive ketones (excluding diaryl/α,β-unsaturated/α-hetero) is 2. The standard InChI is InChI=1S/C26H38O2/c1-3-4-5-6-20-8-12-22(13-9-20)23-14-10-21(11-15-23)18-26(28)24-16-7-19(2)17-25(24)27/h10-11,14-15,19-20,22,24H,3-9,12-13,16-18H2,1-2H3. The van der Waals surface area contributed by atoms with Crippen molar-refractivity contribution in [1.82, 2.24) is 0 Å². The lowest BCUT2D eigenvalue weighted by atomic mass is 9.76. The highest BCUT2D eigenvalue weighted by molar-refractivity contribution is 6.03. The molecule has 1 aromatic rings. The zero-order valence-corrected chi connectivity index (χ0v) is 17.9. The second-order valence-electron chi connectivity index (χ2n) is 9.50. The van der Waals surface area contributed by atoms with Gasteiger partial charge in [0, 0.05) is 12.8 Å². The summed E-state index contributed by atoms with van der Waals surface area (Å²) < 4.78 is 0. The van der Waals surface area contributed by atoms with Crippen LogP contribution in [0.3, 0.4) is 0 Å². The Morgan fingerprint density at radius 1 is 0.964 bits per heavy atom. The van der Waals surface area contributed by atoms with Gasteiger partial charge in [0.05, 0.1) is 5.92 Å². The fourth-order valence-corrected chi connectivity index (χ4v) is 5.24. The van der Waals surface area contributed by atoms with Gasteiger partial charge in [-0.3, -0.25) is 9.59 Å². The van der Waals surface area contributed by atoms with Crippen LogP contribution in [-0.2, 0) is 16.0 Å². The quantitative estimate of drug-likeness (QED) is 0.372. The summed E-state index contributed by atoms with van der Waals surface area (Å²) in [5.41, 5.74) is 2.50. The molecule has 154 valence electrons. The number of unbranched alkanes of at least 4 members (excludes halogenated alkanes) is 2. The molecule has 2 fully saturated rings. The van der Waals surface area contributed by atoms with Crippen molar-refractivity contribution in [3.8, 4) is 0 Å². The normalized spacial score (nSPS) is 28.3. The summed E-state index contributed by atoms with van der Waals surface area (Å²) in [6, 6.07) is 8.71. The number of hydrogen-bond acceptors (Lipinski definition) is 2. The van der Waals surface area contributed by atoms with E-state index in [2.05, 4.69) is 38.1 Å². The van der Waals surface area contributed by atoms with E-state index in [-0.39, 0.29) is 17.5 Å². The minimum absolute atomic E-state index is 0.122. The third-order valence-electron chi connectivity index (χ3n) is 7.17. The number of rotatable bonds is 8. The van der Waals surface area contributed by atoms with Gasteiger partial charge in [-0.15, -0.1) is 0 Å². The molecule has 0 amide bonds. The van der Waals surface area contributed by atoms with Gasteiger partial charge < -0.3 is 0 Å². The first-order valence-corrected chi connectivity index (χ1v) is 11.7. The molecule has 0 bridgehead atoms. The summed E-state index contributed by atoms with van der Waals surface area (Å²) in [5.74, 6) is 2.01. The second-order valence-corrected chi connectivity index (χ2v) is 9.50. The van der Waals surface area contributed by atoms with Crippen LogP contribution in [-0.4, -0.2) is 11.6 Å². The molecule has 2 unspecified atom stereocenters. The van der Waals surface area contributed by atoms with Crippen molar-refractivity contribution in [3.05, 3.63) is 35.4 Å². The van der Waals surface area contributed by atoms with Crippen LogP contribution in [0.1, 0.15) is 102 Å². The number of ketones is 2. The van der Waals surface area contributed by atoms with Gasteiger partial charge in [-0.1, -0.05) is 63.8 Å². The van der Waals surface area contributed by atoms with Crippen molar-refractivity contribution < 1.29 is 9.59 Å². The average Bonchev–Trinajstić information content (AvgIpc) is 2.69. The maximum absolute atomic E-state index is 12.6. The van der Waals surface area contributed by atoms with Gasteiger partial charge in [-0.2, -0.15) is 0 Å². The van der Waals surface area contributed by atoms with Gasteiger partial charge in [-0.25, -0.2) is 0 Å². The molecule has 2 aliphatic rings. The van der Waals surface area contributed by atoms with E-state index in [9.17, 15) is 9.59 Å². The van der Waals surface area contributed by atoms with Crippen LogP contribution in [0.4, 0.5) is 0 Å². The number of hydrogen-bond donors (Lipinski definition) is 0. The Hall–Kier alpha value is -1.44. The predicted molar refractivity (Wildman–Crippen MR) is 116 cm³/mol. The maximum Gasteiger partial charge on any atom is 0.147 e. The summed E-state index contributed by atoms with van der Waals surface area (Å²) in [4.78, 5) is 24.8. The van der Waals surface area contributed by atoms with Crippen molar-refractivity contribution in [2.75, 3.05) is 0 Å². The Morgan fingerprint density at radius 2 is 1.68 bits per heavy atom. The molecule has 3 rings (SSSR count). The van der Waals surface area contributed by atoms with E-state index in [1.807, 2.05) is 0 Å². The molecular weight excluding hydrogens is 344 g/mol. The molecule has 0 radical (unpaired) electrons. The fourth-order valence-electron chi connectivity index (χ4n) is 5.24. The van der Waals surface area contributed by atoms with E-state index in [4.69, 9.17) is 0 Å². The molecule has 0 spiro atoms. The van der Waals surface area contributed by atoms with Gasteiger partial charge in [0.25, 0.3) is 0 Å². The van der Waals surface area contributed by atoms with E-state index >= 15 is 0 Å². The molecule has 2 atom stereocenters. The van der Waals surface area contributed by atoms with Crippen LogP contribution < -0.4 is 0 Å². The topological polar surface area (TPSA) is 34.1 Å². The highest BCUT2D eigenvalue weighted by Crippen LogP contribution is 2.38. The lowest BCUT2D eigenvalue weighted by Crippen LogP contribution is -2.31. The molecular formula is C26H38O2. The van der Waals surface area contributed by atoms with Gasteiger partial charge >= 0.3 is 0 Å². The molecule has 0 N–H and O–H groups in total. The molecule has 2 saturated carbocycles. The SMILES string of the molecule is CCCCCC1CCC(c2ccc(CC(=O)C3CCC(C)CC3=O)cc2)CC1. The summed E-state index contributed by atoms with van der Waals surface area (Å²) in [7, 11) is 0. The third-order valence-corrected chi connectivity index (χ3v) is 7.17. The Labute approximate surface area is 171 Å². The summed E-state index contributed by atoms with van der Waals surface area (Å²) in [5, 5.41) is 0. The van der Waals surface area contributed by atoms with Crippen molar-refractivity contribution in [2.45, 2.75) is 96.8 Å². The smallest absolute Gasteiger partial charge is 0.147 e. The van der Waals surface area contributed by atoms with Gasteiger partial charge in [-0.05, 0) is 67.4 Å². The van der Waals surface area contributed by atoms with Crippen molar-refractivity contribution in [3.63, 3.8) is 0 Å². The number of benzene rings is 1. The minimum atomic E-state index is -0.348. The molecule has 1 aromatic carbocycles. The Bertz CT molecular complexity index is 637. The van der Waals surface area contributed by atoms with Crippen molar-refractivity contribution in [2.24, 2.45) is 17.8 Å². The lowest BCUT2D eigenvalue weighted by molar-refractivity contribution is -0.134. The van der Waals surface area contributed by atoms with Crippen LogP contribution in [0.15, 0.2) is 24.3 Å². The molecule has 0 aliphatic heterocycles. The lowest BCUT2D eigenvalue weighted by Gasteiger charge is -2.29. The van der Waals surface area contributed by atoms with E-state index in [0.717, 1.165) is 24.3 Å². The molecule has 0 heterocycles. The monoisotopic (exact) mass is 382 g/mol. The summed E-state index contributed by atoms with van der Waals surface area (Å²) in [6.07, 6.45) is 13.6. The molecule has 0 saturated heterocycles. The predicted octanol–water partition coefficient (Wildman–Crippen LogP) is 6.66. The first kappa shape index (κ1) is 21.3. The van der Waals surface area contributed by atoms with E-state index < -0.39 is 0 Å². The van der Waals surface area contributed by atoms with Crippen LogP contribution in [0.25, 0.3) is 0 Å². The van der Waals surface area contributed by atoms with Gasteiger partial charge in [0.2, 0.25) is 0 Å². The average molecular weight is 383 g/mol. The Balaban J connectivity index is 1.47. The molecule has 28 heavy (non-hydrogen) atoms. The van der Waals surface area contributed by atoms with Crippen molar-refractivity contribution in [1.29, 1.82) is 0 Å². The van der Waals surface area contributed by atoms with Crippen LogP contribution in [0, 0.1) is 17.8 Å². The number of carbonyl (C=O) groups excluding carboxylic acids is 2. The third kappa shape index (κ3) is 5.78. The largest absolute Gasteiger partial charge is 0.299 e. The van der Waals surface area contributed by atoms with Crippen LogP contribution >= 0.6 is 0 Å². The Kier molecular flexibility index (Phi) is 7.88. The number of carbonyl (C=O) groups is 2. The van der Waals surface area contributed by atoms with Gasteiger partial charge in [0.1, 0.15) is 11.6 Å². The highest BCUT2D eigenvalue weighted by Gasteiger charge is 2.31. The summed E-state index contributed by atoms with van der Waals surface area (Å²) in [6.45, 7) is 4.39. The van der Waals surface area contributed by atoms with E-state index in [0.29, 0.717) is 24.7 Å². The second kappa shape index (κ2) is 10.4. The molecule has 2 heteroatoms. The first-order chi connectivity index (χ1) is 13.6. The molecule has 2 nitrogen and oxygen atoms in total. The van der Waals surface area contributed by atoms with Crippen LogP contribution in [0.5, 0.6) is 0 Å². The Morgan fingerprint density at radius 3 is 2.32 bits per heavy atom. The molecule has 2 aliphatic carbocycles. The first-order valence-electron chi connectivity index (χ1n) is 11.7. The summed E-state index contributed by atoms with van der Waals surface area (Å²) >= 11 is 0. The zero-order valence-electron chi connectivity index (χ0n) is 17.9. The van der Waals surface area contributed by atoms with Gasteiger partial charge in [0.15, 0.2) is 0 Å². The zero-order chi connectivity index (χ0) is 19.9.